The fraction of sp³-hybridized carbons (Fsp3) is 0.586. The van der Waals surface area contributed by atoms with Crippen molar-refractivity contribution in [3.05, 3.63) is 52.2 Å². The average Bonchev–Trinajstić information content (AvgIpc) is 3.44. The van der Waals surface area contributed by atoms with Crippen LogP contribution in [0.15, 0.2) is 41.8 Å². The van der Waals surface area contributed by atoms with Gasteiger partial charge in [-0.3, -0.25) is 9.69 Å². The highest BCUT2D eigenvalue weighted by Crippen LogP contribution is 2.36. The predicted octanol–water partition coefficient (Wildman–Crippen LogP) is 4.85. The van der Waals surface area contributed by atoms with Gasteiger partial charge in [0.25, 0.3) is 5.91 Å². The summed E-state index contributed by atoms with van der Waals surface area (Å²) in [4.78, 5) is 30.0. The third kappa shape index (κ3) is 6.91. The van der Waals surface area contributed by atoms with E-state index >= 15 is 4.39 Å². The van der Waals surface area contributed by atoms with Crippen LogP contribution in [0.4, 0.5) is 9.18 Å². The SMILES string of the molecule is CC(C)N1C[C@]2(CCN(CCc3ccccc3OC(CCN(C)C(=O)O)c3cccs3)C[C@@H]2F)O[C@H](C)C1=O. The minimum atomic E-state index is -1.19. The number of ether oxygens (including phenoxy) is 2. The summed E-state index contributed by atoms with van der Waals surface area (Å²) < 4.78 is 28.2. The Morgan fingerprint density at radius 3 is 2.74 bits per heavy atom. The van der Waals surface area contributed by atoms with Crippen LogP contribution in [-0.2, 0) is 16.0 Å². The molecule has 0 radical (unpaired) electrons. The van der Waals surface area contributed by atoms with E-state index in [2.05, 4.69) is 4.90 Å². The summed E-state index contributed by atoms with van der Waals surface area (Å²) >= 11 is 1.59. The maximum atomic E-state index is 15.7. The molecule has 1 N–H and O–H groups in total. The number of amides is 2. The van der Waals surface area contributed by atoms with Crippen molar-refractivity contribution in [1.82, 2.24) is 14.7 Å². The first-order valence-corrected chi connectivity index (χ1v) is 14.5. The molecule has 2 aromatic rings. The molecule has 2 amide bonds. The van der Waals surface area contributed by atoms with Gasteiger partial charge in [0.1, 0.15) is 29.7 Å². The number of piperidine rings is 1. The molecule has 4 atom stereocenters. The Morgan fingerprint density at radius 1 is 1.31 bits per heavy atom. The molecule has 8 nitrogen and oxygen atoms in total. The van der Waals surface area contributed by atoms with Crippen molar-refractivity contribution in [2.24, 2.45) is 0 Å². The third-order valence-electron chi connectivity index (χ3n) is 7.80. The summed E-state index contributed by atoms with van der Waals surface area (Å²) in [5, 5.41) is 11.2. The Kier molecular flexibility index (Phi) is 9.51. The molecule has 0 saturated carbocycles. The maximum absolute atomic E-state index is 15.7. The predicted molar refractivity (Wildman–Crippen MR) is 149 cm³/mol. The largest absolute Gasteiger partial charge is 0.485 e. The zero-order valence-corrected chi connectivity index (χ0v) is 24.0. The minimum Gasteiger partial charge on any atom is -0.485 e. The summed E-state index contributed by atoms with van der Waals surface area (Å²) in [5.74, 6) is 0.687. The number of rotatable bonds is 10. The molecule has 1 unspecified atom stereocenters. The fourth-order valence-corrected chi connectivity index (χ4v) is 6.17. The Balaban J connectivity index is 1.39. The molecule has 2 fully saturated rings. The van der Waals surface area contributed by atoms with Gasteiger partial charge in [0.15, 0.2) is 0 Å². The Labute approximate surface area is 234 Å². The maximum Gasteiger partial charge on any atom is 0.407 e. The number of likely N-dealkylation sites (tertiary alicyclic amines) is 1. The molecule has 1 aromatic carbocycles. The standard InChI is InChI=1S/C29H40FN3O5S/c1-20(2)33-19-29(38-21(3)27(33)34)13-16-32(18-26(29)30)15-11-22-8-5-6-9-23(22)37-24(25-10-7-17-39-25)12-14-31(4)28(35)36/h5-10,17,20-21,24,26H,11-16,18-19H2,1-4H3,(H,35,36)/t21-,24?,26+,29+/m1/s1. The molecular weight excluding hydrogens is 521 g/mol. The first-order valence-electron chi connectivity index (χ1n) is 13.7. The number of benzene rings is 1. The zero-order chi connectivity index (χ0) is 28.2. The van der Waals surface area contributed by atoms with E-state index < -0.39 is 24.0 Å². The van der Waals surface area contributed by atoms with Crippen LogP contribution < -0.4 is 4.74 Å². The first kappa shape index (κ1) is 29.3. The van der Waals surface area contributed by atoms with E-state index in [-0.39, 0.29) is 24.6 Å². The third-order valence-corrected chi connectivity index (χ3v) is 8.76. The van der Waals surface area contributed by atoms with E-state index in [9.17, 15) is 14.7 Å². The Bertz CT molecular complexity index is 1120. The van der Waals surface area contributed by atoms with Crippen molar-refractivity contribution < 1.29 is 28.6 Å². The van der Waals surface area contributed by atoms with Crippen LogP contribution in [0.25, 0.3) is 0 Å². The van der Waals surface area contributed by atoms with Crippen LogP contribution >= 0.6 is 11.3 Å². The summed E-state index contributed by atoms with van der Waals surface area (Å²) in [6.45, 7) is 7.90. The van der Waals surface area contributed by atoms with E-state index in [0.717, 1.165) is 16.2 Å². The lowest BCUT2D eigenvalue weighted by molar-refractivity contribution is -0.209. The van der Waals surface area contributed by atoms with Gasteiger partial charge in [0.2, 0.25) is 0 Å². The van der Waals surface area contributed by atoms with E-state index in [1.54, 1.807) is 30.2 Å². The molecule has 214 valence electrons. The van der Waals surface area contributed by atoms with Crippen molar-refractivity contribution in [1.29, 1.82) is 0 Å². The van der Waals surface area contributed by atoms with Gasteiger partial charge < -0.3 is 24.4 Å². The fourth-order valence-electron chi connectivity index (χ4n) is 5.38. The van der Waals surface area contributed by atoms with Gasteiger partial charge >= 0.3 is 6.09 Å². The van der Waals surface area contributed by atoms with Crippen molar-refractivity contribution in [2.45, 2.75) is 70.1 Å². The van der Waals surface area contributed by atoms with Crippen LogP contribution in [0.1, 0.15) is 50.2 Å². The number of nitrogens with zero attached hydrogens (tertiary/aromatic N) is 3. The average molecular weight is 562 g/mol. The molecule has 2 aliphatic rings. The molecule has 3 heterocycles. The second-order valence-electron chi connectivity index (χ2n) is 10.9. The summed E-state index contributed by atoms with van der Waals surface area (Å²) in [6, 6.07) is 11.8. The topological polar surface area (TPSA) is 82.6 Å². The van der Waals surface area contributed by atoms with Gasteiger partial charge in [0, 0.05) is 50.6 Å². The number of halogens is 1. The number of morpholine rings is 1. The number of carbonyl (C=O) groups excluding carboxylic acids is 1. The van der Waals surface area contributed by atoms with Crippen LogP contribution in [0.3, 0.4) is 0 Å². The van der Waals surface area contributed by atoms with Crippen molar-refractivity contribution in [3.63, 3.8) is 0 Å². The number of hydrogen-bond acceptors (Lipinski definition) is 6. The van der Waals surface area contributed by atoms with Gasteiger partial charge in [-0.05, 0) is 56.7 Å². The second-order valence-corrected chi connectivity index (χ2v) is 11.9. The number of carboxylic acid groups (broad SMARTS) is 1. The van der Waals surface area contributed by atoms with Crippen LogP contribution in [0.2, 0.25) is 0 Å². The zero-order valence-electron chi connectivity index (χ0n) is 23.2. The van der Waals surface area contributed by atoms with Gasteiger partial charge in [-0.2, -0.15) is 0 Å². The summed E-state index contributed by atoms with van der Waals surface area (Å²) in [6.07, 6.45) is -1.31. The molecule has 2 aliphatic heterocycles. The van der Waals surface area contributed by atoms with E-state index in [0.29, 0.717) is 45.4 Å². The number of hydrogen-bond donors (Lipinski definition) is 1. The van der Waals surface area contributed by atoms with Gasteiger partial charge in [-0.25, -0.2) is 9.18 Å². The number of thiophene rings is 1. The molecule has 0 bridgehead atoms. The van der Waals surface area contributed by atoms with Gasteiger partial charge in [-0.15, -0.1) is 11.3 Å². The highest BCUT2D eigenvalue weighted by molar-refractivity contribution is 7.10. The normalized spacial score (nSPS) is 24.8. The monoisotopic (exact) mass is 561 g/mol. The Morgan fingerprint density at radius 2 is 2.08 bits per heavy atom. The molecule has 0 aliphatic carbocycles. The van der Waals surface area contributed by atoms with Crippen LogP contribution in [0, 0.1) is 0 Å². The van der Waals surface area contributed by atoms with Crippen LogP contribution in [-0.4, -0.2) is 95.5 Å². The molecule has 1 aromatic heterocycles. The first-order chi connectivity index (χ1) is 18.6. The molecule has 10 heteroatoms. The molecule has 1 spiro atoms. The highest BCUT2D eigenvalue weighted by atomic mass is 32.1. The quantitative estimate of drug-likeness (QED) is 0.447. The number of carbonyl (C=O) groups is 2. The van der Waals surface area contributed by atoms with Gasteiger partial charge in [0.05, 0.1) is 6.54 Å². The van der Waals surface area contributed by atoms with Crippen molar-refractivity contribution >= 4 is 23.3 Å². The highest BCUT2D eigenvalue weighted by Gasteiger charge is 2.52. The van der Waals surface area contributed by atoms with E-state index in [4.69, 9.17) is 9.47 Å². The van der Waals surface area contributed by atoms with E-state index in [1.165, 1.54) is 4.90 Å². The lowest BCUT2D eigenvalue weighted by atomic mass is 9.86. The minimum absolute atomic E-state index is 0.00462. The number of alkyl halides is 1. The Hall–Kier alpha value is -2.69. The van der Waals surface area contributed by atoms with Crippen molar-refractivity contribution in [2.75, 3.05) is 39.8 Å². The second kappa shape index (κ2) is 12.7. The molecule has 39 heavy (non-hydrogen) atoms. The molecule has 2 saturated heterocycles. The van der Waals surface area contributed by atoms with Crippen molar-refractivity contribution in [3.8, 4) is 5.75 Å². The van der Waals surface area contributed by atoms with Crippen LogP contribution in [0.5, 0.6) is 5.75 Å². The van der Waals surface area contributed by atoms with E-state index in [1.807, 2.05) is 55.6 Å². The lowest BCUT2D eigenvalue weighted by Crippen LogP contribution is -2.67. The molecule has 4 rings (SSSR count). The summed E-state index contributed by atoms with van der Waals surface area (Å²) in [7, 11) is 1.56. The number of para-hydroxylation sites is 1. The summed E-state index contributed by atoms with van der Waals surface area (Å²) in [5.41, 5.74) is 0.0760. The lowest BCUT2D eigenvalue weighted by Gasteiger charge is -2.51. The van der Waals surface area contributed by atoms with Gasteiger partial charge in [-0.1, -0.05) is 24.3 Å². The smallest absolute Gasteiger partial charge is 0.407 e. The molecular formula is C29H40FN3O5S.